The molecule has 0 aromatic heterocycles. The number of carbonyl (C=O) groups is 4. The lowest BCUT2D eigenvalue weighted by molar-refractivity contribution is -0.144. The van der Waals surface area contributed by atoms with Gasteiger partial charge >= 0.3 is 12.1 Å². The van der Waals surface area contributed by atoms with Crippen LogP contribution in [0.5, 0.6) is 5.75 Å². The second kappa shape index (κ2) is 18.6. The number of alkyl carbamates (subject to hydrolysis) is 1. The summed E-state index contributed by atoms with van der Waals surface area (Å²) in [5, 5.41) is 15.3. The van der Waals surface area contributed by atoms with Crippen LogP contribution in [-0.2, 0) is 30.3 Å². The molecule has 0 saturated carbocycles. The Labute approximate surface area is 261 Å². The lowest BCUT2D eigenvalue weighted by Gasteiger charge is -2.34. The molecule has 10 heteroatoms. The average Bonchev–Trinajstić information content (AvgIpc) is 2.96. The molecule has 2 aromatic rings. The van der Waals surface area contributed by atoms with Gasteiger partial charge in [-0.25, -0.2) is 4.79 Å². The molecule has 0 heterocycles. The van der Waals surface area contributed by atoms with Gasteiger partial charge in [-0.05, 0) is 57.4 Å². The fourth-order valence-electron chi connectivity index (χ4n) is 4.70. The number of aromatic hydroxyl groups is 1. The van der Waals surface area contributed by atoms with Crippen molar-refractivity contribution in [1.82, 2.24) is 15.5 Å². The minimum Gasteiger partial charge on any atom is -0.508 e. The Hall–Kier alpha value is -4.08. The van der Waals surface area contributed by atoms with Crippen molar-refractivity contribution in [3.05, 3.63) is 65.7 Å². The van der Waals surface area contributed by atoms with Gasteiger partial charge in [-0.3, -0.25) is 14.4 Å². The molecule has 0 bridgehead atoms. The lowest BCUT2D eigenvalue weighted by atomic mass is 9.99. The van der Waals surface area contributed by atoms with Crippen LogP contribution < -0.4 is 10.6 Å². The number of carbonyl (C=O) groups excluding carboxylic acids is 4. The number of hydrogen-bond acceptors (Lipinski definition) is 7. The van der Waals surface area contributed by atoms with Gasteiger partial charge in [0.05, 0.1) is 13.0 Å². The van der Waals surface area contributed by atoms with Crippen LogP contribution in [0.4, 0.5) is 4.79 Å². The minimum atomic E-state index is -1.07. The monoisotopic (exact) mass is 611 g/mol. The van der Waals surface area contributed by atoms with E-state index in [2.05, 4.69) is 17.6 Å². The van der Waals surface area contributed by atoms with E-state index in [1.807, 2.05) is 6.07 Å². The van der Waals surface area contributed by atoms with Gasteiger partial charge in [0.25, 0.3) is 0 Å². The van der Waals surface area contributed by atoms with Crippen LogP contribution >= 0.6 is 0 Å². The van der Waals surface area contributed by atoms with E-state index < -0.39 is 41.6 Å². The van der Waals surface area contributed by atoms with Gasteiger partial charge in [0, 0.05) is 19.5 Å². The highest BCUT2D eigenvalue weighted by Crippen LogP contribution is 2.25. The first-order valence-electron chi connectivity index (χ1n) is 15.5. The second-order valence-electron chi connectivity index (χ2n) is 11.7. The molecule has 0 saturated heterocycles. The summed E-state index contributed by atoms with van der Waals surface area (Å²) in [6.45, 7) is 9.60. The predicted octanol–water partition coefficient (Wildman–Crippen LogP) is 5.44. The maximum atomic E-state index is 14.5. The van der Waals surface area contributed by atoms with Crippen LogP contribution in [0.25, 0.3) is 0 Å². The molecular weight excluding hydrogens is 562 g/mol. The number of phenols is 1. The zero-order valence-corrected chi connectivity index (χ0v) is 26.8. The van der Waals surface area contributed by atoms with Crippen LogP contribution in [0, 0.1) is 0 Å². The number of hydrogen-bond donors (Lipinski definition) is 3. The Morgan fingerprint density at radius 2 is 1.57 bits per heavy atom. The molecule has 10 nitrogen and oxygen atoms in total. The highest BCUT2D eigenvalue weighted by molar-refractivity contribution is 5.92. The molecule has 0 spiro atoms. The van der Waals surface area contributed by atoms with E-state index in [0.29, 0.717) is 17.5 Å². The molecule has 2 unspecified atom stereocenters. The summed E-state index contributed by atoms with van der Waals surface area (Å²) in [6, 6.07) is 13.3. The van der Waals surface area contributed by atoms with Crippen LogP contribution in [0.2, 0.25) is 0 Å². The molecule has 0 aliphatic carbocycles. The van der Waals surface area contributed by atoms with Crippen molar-refractivity contribution in [2.75, 3.05) is 19.7 Å². The number of unbranched alkanes of at least 4 members (excludes halogenated alkanes) is 4. The molecule has 0 fully saturated rings. The summed E-state index contributed by atoms with van der Waals surface area (Å²) in [5.41, 5.74) is 0.513. The quantitative estimate of drug-likeness (QED) is 0.160. The Morgan fingerprint density at radius 3 is 2.18 bits per heavy atom. The average molecular weight is 612 g/mol. The fourth-order valence-corrected chi connectivity index (χ4v) is 4.70. The highest BCUT2D eigenvalue weighted by Gasteiger charge is 2.36. The van der Waals surface area contributed by atoms with Crippen molar-refractivity contribution in [3.63, 3.8) is 0 Å². The van der Waals surface area contributed by atoms with Gasteiger partial charge < -0.3 is 30.1 Å². The molecule has 3 N–H and O–H groups in total. The van der Waals surface area contributed by atoms with Crippen molar-refractivity contribution in [2.45, 2.75) is 97.2 Å². The van der Waals surface area contributed by atoms with E-state index in [1.54, 1.807) is 64.1 Å². The first-order chi connectivity index (χ1) is 20.9. The number of ether oxygens (including phenoxy) is 2. The van der Waals surface area contributed by atoms with Crippen molar-refractivity contribution in [1.29, 1.82) is 0 Å². The smallest absolute Gasteiger partial charge is 0.408 e. The molecule has 2 aromatic carbocycles. The lowest BCUT2D eigenvalue weighted by Crippen LogP contribution is -2.54. The molecule has 0 aliphatic heterocycles. The number of benzene rings is 2. The van der Waals surface area contributed by atoms with E-state index in [4.69, 9.17) is 9.47 Å². The van der Waals surface area contributed by atoms with Crippen molar-refractivity contribution < 1.29 is 33.8 Å². The molecular formula is C34H49N3O7. The SMILES string of the molecule is CCCCCCCN(C(=O)C(Cc1ccc(O)cc1)NC(=O)OC(C)(C)C)C(C(=O)NCCC(=O)OCC)c1ccccc1. The van der Waals surface area contributed by atoms with E-state index in [-0.39, 0.29) is 38.3 Å². The molecule has 3 amide bonds. The van der Waals surface area contributed by atoms with Gasteiger partial charge in [-0.1, -0.05) is 75.1 Å². The zero-order valence-electron chi connectivity index (χ0n) is 26.8. The highest BCUT2D eigenvalue weighted by atomic mass is 16.6. The summed E-state index contributed by atoms with van der Waals surface area (Å²) in [4.78, 5) is 54.6. The molecule has 0 aliphatic rings. The van der Waals surface area contributed by atoms with Crippen LogP contribution in [-0.4, -0.2) is 65.2 Å². The largest absolute Gasteiger partial charge is 0.508 e. The second-order valence-corrected chi connectivity index (χ2v) is 11.7. The van der Waals surface area contributed by atoms with Crippen LogP contribution in [0.1, 0.15) is 90.3 Å². The standard InChI is InChI=1S/C34H49N3O7/c1-6-8-9-10-14-23-37(30(26-15-12-11-13-16-26)31(40)35-22-21-29(39)43-7-2)32(41)28(36-33(42)44-34(3,4)5)24-25-17-19-27(38)20-18-25/h11-13,15-20,28,30,38H,6-10,14,21-24H2,1-5H3,(H,35,40)(H,36,42). The number of amides is 3. The predicted molar refractivity (Wildman–Crippen MR) is 169 cm³/mol. The Kier molecular flexibility index (Phi) is 15.2. The molecule has 2 atom stereocenters. The number of nitrogens with one attached hydrogen (secondary N) is 2. The van der Waals surface area contributed by atoms with Crippen molar-refractivity contribution in [2.24, 2.45) is 0 Å². The third-order valence-electron chi connectivity index (χ3n) is 6.76. The Morgan fingerprint density at radius 1 is 0.909 bits per heavy atom. The maximum absolute atomic E-state index is 14.5. The molecule has 0 radical (unpaired) electrons. The molecule has 242 valence electrons. The van der Waals surface area contributed by atoms with E-state index >= 15 is 0 Å². The maximum Gasteiger partial charge on any atom is 0.408 e. The Balaban J connectivity index is 2.48. The van der Waals surface area contributed by atoms with E-state index in [0.717, 1.165) is 25.7 Å². The van der Waals surface area contributed by atoms with E-state index in [9.17, 15) is 24.3 Å². The van der Waals surface area contributed by atoms with Crippen LogP contribution in [0.15, 0.2) is 54.6 Å². The van der Waals surface area contributed by atoms with Crippen molar-refractivity contribution >= 4 is 23.9 Å². The third kappa shape index (κ3) is 13.1. The van der Waals surface area contributed by atoms with Gasteiger partial charge in [0.1, 0.15) is 23.4 Å². The third-order valence-corrected chi connectivity index (χ3v) is 6.76. The number of rotatable bonds is 17. The zero-order chi connectivity index (χ0) is 32.5. The number of esters is 1. The molecule has 44 heavy (non-hydrogen) atoms. The van der Waals surface area contributed by atoms with Crippen LogP contribution in [0.3, 0.4) is 0 Å². The van der Waals surface area contributed by atoms with Crippen molar-refractivity contribution in [3.8, 4) is 5.75 Å². The normalized spacial score (nSPS) is 12.5. The number of nitrogens with zero attached hydrogens (tertiary/aromatic N) is 1. The minimum absolute atomic E-state index is 0.00424. The first-order valence-corrected chi connectivity index (χ1v) is 15.5. The summed E-state index contributed by atoms with van der Waals surface area (Å²) in [6.07, 6.45) is 3.99. The summed E-state index contributed by atoms with van der Waals surface area (Å²) in [7, 11) is 0. The van der Waals surface area contributed by atoms with Gasteiger partial charge in [-0.2, -0.15) is 0 Å². The summed E-state index contributed by atoms with van der Waals surface area (Å²) in [5.74, 6) is -1.24. The first kappa shape index (κ1) is 36.1. The summed E-state index contributed by atoms with van der Waals surface area (Å²) < 4.78 is 10.5. The topological polar surface area (TPSA) is 134 Å². The van der Waals surface area contributed by atoms with Gasteiger partial charge in [-0.15, -0.1) is 0 Å². The van der Waals surface area contributed by atoms with E-state index in [1.165, 1.54) is 17.0 Å². The summed E-state index contributed by atoms with van der Waals surface area (Å²) >= 11 is 0. The van der Waals surface area contributed by atoms with Gasteiger partial charge in [0.15, 0.2) is 0 Å². The fraction of sp³-hybridized carbons (Fsp3) is 0.529. The van der Waals surface area contributed by atoms with Gasteiger partial charge in [0.2, 0.25) is 11.8 Å². The number of phenolic OH excluding ortho intramolecular Hbond substituents is 1. The molecule has 2 rings (SSSR count). The Bertz CT molecular complexity index is 1180.